The van der Waals surface area contributed by atoms with E-state index >= 15 is 0 Å². The average molecular weight is 263 g/mol. The first-order valence-electron chi connectivity index (χ1n) is 6.70. The lowest BCUT2D eigenvalue weighted by Gasteiger charge is -2.35. The first-order valence-corrected chi connectivity index (χ1v) is 6.70. The summed E-state index contributed by atoms with van der Waals surface area (Å²) >= 11 is 0. The topological polar surface area (TPSA) is 72.4 Å². The molecule has 1 saturated heterocycles. The van der Waals surface area contributed by atoms with Gasteiger partial charge >= 0.3 is 0 Å². The third-order valence-electron chi connectivity index (χ3n) is 4.06. The molecule has 0 spiro atoms. The Balaban J connectivity index is 2.11. The Kier molecular flexibility index (Phi) is 4.17. The SMILES string of the molecule is Cc1c(CN2CCC(N)C(C)C2)cccc1[N+](=O)[O-]. The second-order valence-corrected chi connectivity index (χ2v) is 5.48. The molecule has 5 nitrogen and oxygen atoms in total. The predicted octanol–water partition coefficient (Wildman–Crippen LogP) is 2.07. The highest BCUT2D eigenvalue weighted by Gasteiger charge is 2.24. The summed E-state index contributed by atoms with van der Waals surface area (Å²) in [6.45, 7) is 6.69. The number of piperidine rings is 1. The molecule has 1 aromatic carbocycles. The van der Waals surface area contributed by atoms with E-state index in [4.69, 9.17) is 5.73 Å². The standard InChI is InChI=1S/C14H21N3O2/c1-10-8-16(7-6-13(10)15)9-12-4-3-5-14(11(12)2)17(18)19/h3-5,10,13H,6-9,15H2,1-2H3. The van der Waals surface area contributed by atoms with E-state index in [-0.39, 0.29) is 16.7 Å². The zero-order valence-electron chi connectivity index (χ0n) is 11.5. The van der Waals surface area contributed by atoms with Crippen molar-refractivity contribution in [1.82, 2.24) is 4.90 Å². The molecule has 0 radical (unpaired) electrons. The fraction of sp³-hybridized carbons (Fsp3) is 0.571. The molecule has 2 unspecified atom stereocenters. The van der Waals surface area contributed by atoms with Crippen molar-refractivity contribution in [3.63, 3.8) is 0 Å². The van der Waals surface area contributed by atoms with Crippen LogP contribution in [-0.2, 0) is 6.54 Å². The number of hydrogen-bond acceptors (Lipinski definition) is 4. The molecule has 0 amide bonds. The predicted molar refractivity (Wildman–Crippen MR) is 74.9 cm³/mol. The molecule has 0 aliphatic carbocycles. The first kappa shape index (κ1) is 14.0. The van der Waals surface area contributed by atoms with E-state index in [1.165, 1.54) is 0 Å². The van der Waals surface area contributed by atoms with Crippen LogP contribution in [0.25, 0.3) is 0 Å². The minimum absolute atomic E-state index is 0.208. The molecule has 0 saturated carbocycles. The van der Waals surface area contributed by atoms with Crippen LogP contribution in [0.4, 0.5) is 5.69 Å². The van der Waals surface area contributed by atoms with E-state index in [0.29, 0.717) is 5.92 Å². The average Bonchev–Trinajstić information content (AvgIpc) is 2.36. The van der Waals surface area contributed by atoms with Gasteiger partial charge in [-0.25, -0.2) is 0 Å². The van der Waals surface area contributed by atoms with Crippen molar-refractivity contribution >= 4 is 5.69 Å². The third-order valence-corrected chi connectivity index (χ3v) is 4.06. The van der Waals surface area contributed by atoms with Crippen LogP contribution in [0, 0.1) is 23.0 Å². The molecule has 19 heavy (non-hydrogen) atoms. The van der Waals surface area contributed by atoms with Crippen molar-refractivity contribution in [3.05, 3.63) is 39.4 Å². The number of nitro benzene ring substituents is 1. The molecule has 1 aliphatic rings. The van der Waals surface area contributed by atoms with Gasteiger partial charge in [-0.1, -0.05) is 19.1 Å². The summed E-state index contributed by atoms with van der Waals surface area (Å²) in [7, 11) is 0. The summed E-state index contributed by atoms with van der Waals surface area (Å²) < 4.78 is 0. The van der Waals surface area contributed by atoms with Crippen LogP contribution in [0.5, 0.6) is 0 Å². The number of nitrogens with zero attached hydrogens (tertiary/aromatic N) is 2. The van der Waals surface area contributed by atoms with E-state index in [2.05, 4.69) is 11.8 Å². The summed E-state index contributed by atoms with van der Waals surface area (Å²) in [4.78, 5) is 13.0. The van der Waals surface area contributed by atoms with Gasteiger partial charge in [-0.3, -0.25) is 15.0 Å². The Morgan fingerprint density at radius 3 is 2.89 bits per heavy atom. The Labute approximate surface area is 113 Å². The molecule has 1 aliphatic heterocycles. The number of nitro groups is 1. The van der Waals surface area contributed by atoms with Gasteiger partial charge in [0.25, 0.3) is 5.69 Å². The van der Waals surface area contributed by atoms with Crippen LogP contribution in [0.2, 0.25) is 0 Å². The first-order chi connectivity index (χ1) is 8.99. The van der Waals surface area contributed by atoms with Gasteiger partial charge in [-0.05, 0) is 31.4 Å². The van der Waals surface area contributed by atoms with Gasteiger partial charge in [0.05, 0.1) is 4.92 Å². The quantitative estimate of drug-likeness (QED) is 0.669. The fourth-order valence-corrected chi connectivity index (χ4v) is 2.67. The van der Waals surface area contributed by atoms with Crippen molar-refractivity contribution in [2.45, 2.75) is 32.9 Å². The maximum absolute atomic E-state index is 10.9. The Morgan fingerprint density at radius 1 is 1.53 bits per heavy atom. The third kappa shape index (κ3) is 3.11. The molecular formula is C14H21N3O2. The highest BCUT2D eigenvalue weighted by molar-refractivity contribution is 5.44. The van der Waals surface area contributed by atoms with Crippen molar-refractivity contribution in [2.24, 2.45) is 11.7 Å². The van der Waals surface area contributed by atoms with Crippen molar-refractivity contribution in [1.29, 1.82) is 0 Å². The Bertz CT molecular complexity index is 476. The van der Waals surface area contributed by atoms with E-state index in [1.54, 1.807) is 12.1 Å². The highest BCUT2D eigenvalue weighted by Crippen LogP contribution is 2.24. The summed E-state index contributed by atoms with van der Waals surface area (Å²) in [6.07, 6.45) is 0.995. The number of rotatable bonds is 3. The number of benzene rings is 1. The second-order valence-electron chi connectivity index (χ2n) is 5.48. The molecule has 0 aromatic heterocycles. The van der Waals surface area contributed by atoms with Crippen molar-refractivity contribution in [3.8, 4) is 0 Å². The van der Waals surface area contributed by atoms with Crippen molar-refractivity contribution in [2.75, 3.05) is 13.1 Å². The van der Waals surface area contributed by atoms with Gasteiger partial charge in [0.1, 0.15) is 0 Å². The fourth-order valence-electron chi connectivity index (χ4n) is 2.67. The number of hydrogen-bond donors (Lipinski definition) is 1. The van der Waals surface area contributed by atoms with E-state index in [0.717, 1.165) is 37.2 Å². The van der Waals surface area contributed by atoms with Crippen LogP contribution in [0.3, 0.4) is 0 Å². The van der Waals surface area contributed by atoms with Crippen LogP contribution < -0.4 is 5.73 Å². The number of nitrogens with two attached hydrogens (primary N) is 1. The molecular weight excluding hydrogens is 242 g/mol. The molecule has 2 atom stereocenters. The van der Waals surface area contributed by atoms with Crippen molar-refractivity contribution < 1.29 is 4.92 Å². The maximum Gasteiger partial charge on any atom is 0.272 e. The monoisotopic (exact) mass is 263 g/mol. The normalized spacial score (nSPS) is 24.4. The van der Waals surface area contributed by atoms with Gasteiger partial charge < -0.3 is 5.73 Å². The summed E-state index contributed by atoms with van der Waals surface area (Å²) in [5.41, 5.74) is 8.03. The number of likely N-dealkylation sites (tertiary alicyclic amines) is 1. The van der Waals surface area contributed by atoms with Gasteiger partial charge in [0, 0.05) is 30.8 Å². The van der Waals surface area contributed by atoms with E-state index in [9.17, 15) is 10.1 Å². The van der Waals surface area contributed by atoms with Gasteiger partial charge in [0.2, 0.25) is 0 Å². The highest BCUT2D eigenvalue weighted by atomic mass is 16.6. The molecule has 1 aromatic rings. The largest absolute Gasteiger partial charge is 0.327 e. The van der Waals surface area contributed by atoms with Gasteiger partial charge in [-0.15, -0.1) is 0 Å². The van der Waals surface area contributed by atoms with Gasteiger partial charge in [-0.2, -0.15) is 0 Å². The zero-order valence-corrected chi connectivity index (χ0v) is 11.5. The van der Waals surface area contributed by atoms with E-state index < -0.39 is 0 Å². The lowest BCUT2D eigenvalue weighted by atomic mass is 9.94. The van der Waals surface area contributed by atoms with Gasteiger partial charge in [0.15, 0.2) is 0 Å². The summed E-state index contributed by atoms with van der Waals surface area (Å²) in [5.74, 6) is 0.479. The van der Waals surface area contributed by atoms with Crippen LogP contribution in [-0.4, -0.2) is 29.0 Å². The maximum atomic E-state index is 10.9. The zero-order chi connectivity index (χ0) is 14.0. The lowest BCUT2D eigenvalue weighted by molar-refractivity contribution is -0.385. The minimum atomic E-state index is -0.312. The molecule has 2 N–H and O–H groups in total. The molecule has 1 fully saturated rings. The van der Waals surface area contributed by atoms with Crippen LogP contribution in [0.15, 0.2) is 18.2 Å². The van der Waals surface area contributed by atoms with Crippen LogP contribution >= 0.6 is 0 Å². The molecule has 104 valence electrons. The molecule has 2 rings (SSSR count). The van der Waals surface area contributed by atoms with Crippen LogP contribution in [0.1, 0.15) is 24.5 Å². The molecule has 5 heteroatoms. The Morgan fingerprint density at radius 2 is 2.26 bits per heavy atom. The lowest BCUT2D eigenvalue weighted by Crippen LogP contribution is -2.45. The summed E-state index contributed by atoms with van der Waals surface area (Å²) in [6, 6.07) is 5.58. The second kappa shape index (κ2) is 5.67. The summed E-state index contributed by atoms with van der Waals surface area (Å²) in [5, 5.41) is 10.9. The molecule has 0 bridgehead atoms. The van der Waals surface area contributed by atoms with E-state index in [1.807, 2.05) is 13.0 Å². The molecule has 1 heterocycles. The minimum Gasteiger partial charge on any atom is -0.327 e. The Hall–Kier alpha value is -1.46. The smallest absolute Gasteiger partial charge is 0.272 e.